The summed E-state index contributed by atoms with van der Waals surface area (Å²) in [5.41, 5.74) is 1.14. The molecular formula is C11H8BrClN2O. The number of benzene rings is 1. The third-order valence-electron chi connectivity index (χ3n) is 1.92. The Bertz CT molecular complexity index is 519. The second kappa shape index (κ2) is 4.80. The average molecular weight is 300 g/mol. The van der Waals surface area contributed by atoms with Crippen molar-refractivity contribution in [3.05, 3.63) is 45.8 Å². The summed E-state index contributed by atoms with van der Waals surface area (Å²) < 4.78 is 6.40. The van der Waals surface area contributed by atoms with E-state index in [-0.39, 0.29) is 5.15 Å². The van der Waals surface area contributed by atoms with Crippen molar-refractivity contribution in [1.29, 1.82) is 0 Å². The van der Waals surface area contributed by atoms with Crippen LogP contribution in [0.15, 0.2) is 35.1 Å². The Morgan fingerprint density at radius 1 is 1.25 bits per heavy atom. The summed E-state index contributed by atoms with van der Waals surface area (Å²) in [5, 5.41) is 0.245. The maximum absolute atomic E-state index is 5.84. The van der Waals surface area contributed by atoms with Crippen LogP contribution < -0.4 is 4.74 Å². The zero-order valence-electron chi connectivity index (χ0n) is 8.45. The Balaban J connectivity index is 2.31. The molecule has 2 rings (SSSR count). The first-order valence-electron chi connectivity index (χ1n) is 4.57. The lowest BCUT2D eigenvalue weighted by Gasteiger charge is -2.07. The van der Waals surface area contributed by atoms with Gasteiger partial charge in [-0.25, -0.2) is 9.97 Å². The molecule has 2 aromatic rings. The lowest BCUT2D eigenvalue weighted by Crippen LogP contribution is -1.91. The van der Waals surface area contributed by atoms with Crippen LogP contribution in [0, 0.1) is 6.92 Å². The van der Waals surface area contributed by atoms with Gasteiger partial charge in [-0.05, 0) is 40.5 Å². The number of aromatic nitrogens is 2. The van der Waals surface area contributed by atoms with Crippen molar-refractivity contribution in [3.63, 3.8) is 0 Å². The molecule has 0 fully saturated rings. The lowest BCUT2D eigenvalue weighted by atomic mass is 10.2. The minimum atomic E-state index is 0.245. The number of hydrogen-bond acceptors (Lipinski definition) is 3. The average Bonchev–Trinajstić information content (AvgIpc) is 2.25. The molecule has 3 nitrogen and oxygen atoms in total. The zero-order valence-corrected chi connectivity index (χ0v) is 10.8. The first kappa shape index (κ1) is 11.4. The second-order valence-electron chi connectivity index (χ2n) is 3.19. The Labute approximate surface area is 107 Å². The van der Waals surface area contributed by atoms with Gasteiger partial charge in [0.25, 0.3) is 5.88 Å². The van der Waals surface area contributed by atoms with E-state index in [1.54, 1.807) is 0 Å². The number of aryl methyl sites for hydroxylation is 1. The fourth-order valence-corrected chi connectivity index (χ4v) is 1.89. The molecule has 0 aliphatic carbocycles. The summed E-state index contributed by atoms with van der Waals surface area (Å²) in [6.45, 7) is 2.00. The van der Waals surface area contributed by atoms with E-state index in [1.165, 1.54) is 12.4 Å². The highest BCUT2D eigenvalue weighted by Gasteiger charge is 2.07. The highest BCUT2D eigenvalue weighted by atomic mass is 79.9. The van der Waals surface area contributed by atoms with Crippen molar-refractivity contribution < 1.29 is 4.74 Å². The summed E-state index contributed by atoms with van der Waals surface area (Å²) >= 11 is 9.26. The standard InChI is InChI=1S/C11H8BrClN2O/c1-7-2-3-9(8(12)6-7)16-11-10(13)14-4-5-15-11/h2-6H,1H3. The third kappa shape index (κ3) is 2.51. The van der Waals surface area contributed by atoms with Gasteiger partial charge in [-0.2, -0.15) is 0 Å². The Morgan fingerprint density at radius 3 is 2.69 bits per heavy atom. The predicted octanol–water partition coefficient (Wildman–Crippen LogP) is 3.99. The number of nitrogens with zero attached hydrogens (tertiary/aromatic N) is 2. The molecule has 0 atom stereocenters. The summed E-state index contributed by atoms with van der Waals surface area (Å²) in [7, 11) is 0. The largest absolute Gasteiger partial charge is 0.435 e. The number of halogens is 2. The molecule has 5 heteroatoms. The quantitative estimate of drug-likeness (QED) is 0.841. The van der Waals surface area contributed by atoms with Gasteiger partial charge >= 0.3 is 0 Å². The van der Waals surface area contributed by atoms with Gasteiger partial charge in [-0.3, -0.25) is 0 Å². The number of ether oxygens (including phenoxy) is 1. The molecule has 0 saturated heterocycles. The van der Waals surface area contributed by atoms with Gasteiger partial charge in [-0.15, -0.1) is 0 Å². The normalized spacial score (nSPS) is 10.2. The molecule has 0 unspecified atom stereocenters. The van der Waals surface area contributed by atoms with E-state index in [1.807, 2.05) is 25.1 Å². The van der Waals surface area contributed by atoms with E-state index in [9.17, 15) is 0 Å². The molecule has 0 saturated carbocycles. The van der Waals surface area contributed by atoms with E-state index < -0.39 is 0 Å². The van der Waals surface area contributed by atoms with E-state index in [0.29, 0.717) is 11.6 Å². The van der Waals surface area contributed by atoms with Crippen LogP contribution in [0.4, 0.5) is 0 Å². The maximum atomic E-state index is 5.84. The molecular weight excluding hydrogens is 291 g/mol. The van der Waals surface area contributed by atoms with Gasteiger partial charge in [-0.1, -0.05) is 17.7 Å². The highest BCUT2D eigenvalue weighted by Crippen LogP contribution is 2.31. The second-order valence-corrected chi connectivity index (χ2v) is 4.40. The fraction of sp³-hybridized carbons (Fsp3) is 0.0909. The van der Waals surface area contributed by atoms with Crippen LogP contribution in [0.1, 0.15) is 5.56 Å². The molecule has 16 heavy (non-hydrogen) atoms. The summed E-state index contributed by atoms with van der Waals surface area (Å²) in [5.74, 6) is 0.960. The van der Waals surface area contributed by atoms with Gasteiger partial charge in [0.1, 0.15) is 5.75 Å². The fourth-order valence-electron chi connectivity index (χ4n) is 1.17. The van der Waals surface area contributed by atoms with Crippen molar-refractivity contribution in [2.75, 3.05) is 0 Å². The highest BCUT2D eigenvalue weighted by molar-refractivity contribution is 9.10. The van der Waals surface area contributed by atoms with Crippen molar-refractivity contribution in [2.24, 2.45) is 0 Å². The zero-order chi connectivity index (χ0) is 11.5. The monoisotopic (exact) mass is 298 g/mol. The molecule has 0 aliphatic heterocycles. The molecule has 0 bridgehead atoms. The van der Waals surface area contributed by atoms with Crippen LogP contribution in [0.25, 0.3) is 0 Å². The molecule has 82 valence electrons. The van der Waals surface area contributed by atoms with Crippen molar-refractivity contribution in [1.82, 2.24) is 9.97 Å². The Kier molecular flexibility index (Phi) is 3.41. The first-order valence-corrected chi connectivity index (χ1v) is 5.74. The summed E-state index contributed by atoms with van der Waals surface area (Å²) in [6.07, 6.45) is 3.04. The van der Waals surface area contributed by atoms with Crippen LogP contribution >= 0.6 is 27.5 Å². The minimum Gasteiger partial charge on any atom is -0.435 e. The lowest BCUT2D eigenvalue weighted by molar-refractivity contribution is 0.457. The van der Waals surface area contributed by atoms with Gasteiger partial charge in [0.05, 0.1) is 4.47 Å². The smallest absolute Gasteiger partial charge is 0.257 e. The summed E-state index contributed by atoms with van der Waals surface area (Å²) in [4.78, 5) is 7.88. The maximum Gasteiger partial charge on any atom is 0.257 e. The van der Waals surface area contributed by atoms with Crippen LogP contribution in [0.5, 0.6) is 11.6 Å². The van der Waals surface area contributed by atoms with E-state index in [0.717, 1.165) is 10.0 Å². The van der Waals surface area contributed by atoms with Crippen LogP contribution in [-0.2, 0) is 0 Å². The van der Waals surface area contributed by atoms with E-state index in [2.05, 4.69) is 25.9 Å². The predicted molar refractivity (Wildman–Crippen MR) is 66.0 cm³/mol. The molecule has 0 amide bonds. The van der Waals surface area contributed by atoms with Gasteiger partial charge < -0.3 is 4.74 Å². The SMILES string of the molecule is Cc1ccc(Oc2nccnc2Cl)c(Br)c1. The van der Waals surface area contributed by atoms with Crippen LogP contribution in [0.2, 0.25) is 5.15 Å². The Morgan fingerprint density at radius 2 is 2.00 bits per heavy atom. The Hall–Kier alpha value is -1.13. The van der Waals surface area contributed by atoms with Crippen molar-refractivity contribution >= 4 is 27.5 Å². The van der Waals surface area contributed by atoms with E-state index >= 15 is 0 Å². The number of hydrogen-bond donors (Lipinski definition) is 0. The van der Waals surface area contributed by atoms with Gasteiger partial charge in [0.2, 0.25) is 0 Å². The topological polar surface area (TPSA) is 35.0 Å². The van der Waals surface area contributed by atoms with Crippen molar-refractivity contribution in [2.45, 2.75) is 6.92 Å². The first-order chi connectivity index (χ1) is 7.66. The molecule has 0 N–H and O–H groups in total. The molecule has 1 aromatic carbocycles. The molecule has 0 radical (unpaired) electrons. The molecule has 1 aromatic heterocycles. The van der Waals surface area contributed by atoms with Crippen LogP contribution in [0.3, 0.4) is 0 Å². The third-order valence-corrected chi connectivity index (χ3v) is 2.80. The van der Waals surface area contributed by atoms with Crippen LogP contribution in [-0.4, -0.2) is 9.97 Å². The molecule has 0 spiro atoms. The molecule has 0 aliphatic rings. The number of rotatable bonds is 2. The van der Waals surface area contributed by atoms with Gasteiger partial charge in [0, 0.05) is 12.4 Å². The minimum absolute atomic E-state index is 0.245. The van der Waals surface area contributed by atoms with Gasteiger partial charge in [0.15, 0.2) is 5.15 Å². The van der Waals surface area contributed by atoms with Crippen molar-refractivity contribution in [3.8, 4) is 11.6 Å². The molecule has 1 heterocycles. The summed E-state index contributed by atoms with van der Waals surface area (Å²) in [6, 6.07) is 5.76. The van der Waals surface area contributed by atoms with E-state index in [4.69, 9.17) is 16.3 Å².